The molecular weight excluding hydrogens is 246 g/mol. The van der Waals surface area contributed by atoms with Crippen LogP contribution in [0.25, 0.3) is 0 Å². The van der Waals surface area contributed by atoms with Crippen molar-refractivity contribution in [1.82, 2.24) is 4.31 Å². The van der Waals surface area contributed by atoms with Crippen LogP contribution in [0.5, 0.6) is 0 Å². The van der Waals surface area contributed by atoms with Gasteiger partial charge in [0.2, 0.25) is 10.0 Å². The fourth-order valence-corrected chi connectivity index (χ4v) is 4.51. The van der Waals surface area contributed by atoms with Crippen LogP contribution >= 0.6 is 0 Å². The largest absolute Gasteiger partial charge is 0.212 e. The molecule has 1 fully saturated rings. The van der Waals surface area contributed by atoms with Gasteiger partial charge in [0.25, 0.3) is 0 Å². The molecule has 0 radical (unpaired) electrons. The van der Waals surface area contributed by atoms with Crippen LogP contribution in [-0.2, 0) is 16.4 Å². The van der Waals surface area contributed by atoms with Gasteiger partial charge in [-0.05, 0) is 43.2 Å². The van der Waals surface area contributed by atoms with Gasteiger partial charge in [-0.1, -0.05) is 24.3 Å². The van der Waals surface area contributed by atoms with E-state index >= 15 is 0 Å². The number of aryl methyl sites for hydroxylation is 1. The van der Waals surface area contributed by atoms with Crippen molar-refractivity contribution in [3.63, 3.8) is 0 Å². The van der Waals surface area contributed by atoms with Crippen molar-refractivity contribution in [2.24, 2.45) is 0 Å². The van der Waals surface area contributed by atoms with Gasteiger partial charge >= 0.3 is 0 Å². The smallest absolute Gasteiger partial charge is 0.212 e. The number of fused-ring (bicyclic) bond motifs is 1. The summed E-state index contributed by atoms with van der Waals surface area (Å²) in [6, 6.07) is 8.61. The molecule has 0 saturated heterocycles. The molecule has 18 heavy (non-hydrogen) atoms. The standard InChI is InChI=1S/C14H19NO2S/c1-18(16,17)15(12-9-10-12)14-8-4-6-11-5-2-3-7-13(11)14/h2-3,5,7,12,14H,4,6,8-10H2,1H3. The predicted molar refractivity (Wildman–Crippen MR) is 71.8 cm³/mol. The van der Waals surface area contributed by atoms with E-state index in [0.29, 0.717) is 0 Å². The maximum Gasteiger partial charge on any atom is 0.212 e. The molecule has 3 rings (SSSR count). The van der Waals surface area contributed by atoms with Gasteiger partial charge in [0.15, 0.2) is 0 Å². The molecule has 3 nitrogen and oxygen atoms in total. The first-order valence-electron chi connectivity index (χ1n) is 6.63. The Morgan fingerprint density at radius 3 is 2.56 bits per heavy atom. The van der Waals surface area contributed by atoms with E-state index in [0.717, 1.165) is 32.1 Å². The van der Waals surface area contributed by atoms with Crippen LogP contribution in [0.4, 0.5) is 0 Å². The van der Waals surface area contributed by atoms with Gasteiger partial charge in [0.05, 0.1) is 12.3 Å². The lowest BCUT2D eigenvalue weighted by Crippen LogP contribution is -2.37. The Labute approximate surface area is 109 Å². The minimum Gasteiger partial charge on any atom is -0.212 e. The van der Waals surface area contributed by atoms with E-state index in [1.54, 1.807) is 4.31 Å². The van der Waals surface area contributed by atoms with Crippen LogP contribution in [-0.4, -0.2) is 25.0 Å². The number of rotatable bonds is 3. The fraction of sp³-hybridized carbons (Fsp3) is 0.571. The van der Waals surface area contributed by atoms with Crippen molar-refractivity contribution in [3.8, 4) is 0 Å². The topological polar surface area (TPSA) is 37.4 Å². The van der Waals surface area contributed by atoms with E-state index in [9.17, 15) is 8.42 Å². The predicted octanol–water partition coefficient (Wildman–Crippen LogP) is 2.49. The average molecular weight is 265 g/mol. The molecule has 4 heteroatoms. The first-order valence-corrected chi connectivity index (χ1v) is 8.48. The van der Waals surface area contributed by atoms with E-state index in [-0.39, 0.29) is 12.1 Å². The summed E-state index contributed by atoms with van der Waals surface area (Å²) >= 11 is 0. The third-order valence-electron chi connectivity index (χ3n) is 3.93. The molecule has 0 aromatic heterocycles. The Bertz CT molecular complexity index is 549. The number of hydrogen-bond acceptors (Lipinski definition) is 2. The number of nitrogens with zero attached hydrogens (tertiary/aromatic N) is 1. The summed E-state index contributed by atoms with van der Waals surface area (Å²) in [5, 5.41) is 0. The summed E-state index contributed by atoms with van der Waals surface area (Å²) in [5.41, 5.74) is 2.55. The normalized spacial score (nSPS) is 24.0. The minimum absolute atomic E-state index is 0.0671. The molecule has 1 unspecified atom stereocenters. The second-order valence-corrected chi connectivity index (χ2v) is 7.32. The number of benzene rings is 1. The molecule has 0 spiro atoms. The lowest BCUT2D eigenvalue weighted by Gasteiger charge is -2.34. The van der Waals surface area contributed by atoms with Crippen LogP contribution < -0.4 is 0 Å². The maximum atomic E-state index is 12.0. The lowest BCUT2D eigenvalue weighted by molar-refractivity contribution is 0.288. The Balaban J connectivity index is 2.02. The second-order valence-electron chi connectivity index (χ2n) is 5.43. The molecule has 0 bridgehead atoms. The monoisotopic (exact) mass is 265 g/mol. The first-order chi connectivity index (χ1) is 8.57. The third kappa shape index (κ3) is 2.19. The van der Waals surface area contributed by atoms with Crippen molar-refractivity contribution in [2.45, 2.75) is 44.2 Å². The van der Waals surface area contributed by atoms with Gasteiger partial charge in [-0.15, -0.1) is 0 Å². The number of hydrogen-bond donors (Lipinski definition) is 0. The van der Waals surface area contributed by atoms with Crippen molar-refractivity contribution in [3.05, 3.63) is 35.4 Å². The third-order valence-corrected chi connectivity index (χ3v) is 5.25. The van der Waals surface area contributed by atoms with E-state index in [4.69, 9.17) is 0 Å². The van der Waals surface area contributed by atoms with Gasteiger partial charge < -0.3 is 0 Å². The Hall–Kier alpha value is -0.870. The van der Waals surface area contributed by atoms with Gasteiger partial charge in [0.1, 0.15) is 0 Å². The van der Waals surface area contributed by atoms with Crippen molar-refractivity contribution >= 4 is 10.0 Å². The zero-order valence-corrected chi connectivity index (χ0v) is 11.5. The van der Waals surface area contributed by atoms with E-state index in [2.05, 4.69) is 12.1 Å². The van der Waals surface area contributed by atoms with Crippen LogP contribution in [0.2, 0.25) is 0 Å². The van der Waals surface area contributed by atoms with Gasteiger partial charge in [-0.25, -0.2) is 8.42 Å². The van der Waals surface area contributed by atoms with Gasteiger partial charge in [-0.3, -0.25) is 0 Å². The molecule has 1 aromatic carbocycles. The van der Waals surface area contributed by atoms with Crippen LogP contribution in [0.3, 0.4) is 0 Å². The summed E-state index contributed by atoms with van der Waals surface area (Å²) in [6.07, 6.45) is 6.51. The molecule has 0 aliphatic heterocycles. The Morgan fingerprint density at radius 2 is 1.89 bits per heavy atom. The SMILES string of the molecule is CS(=O)(=O)N(C1CC1)C1CCCc2ccccc21. The van der Waals surface area contributed by atoms with Crippen molar-refractivity contribution in [1.29, 1.82) is 0 Å². The number of sulfonamides is 1. The highest BCUT2D eigenvalue weighted by atomic mass is 32.2. The summed E-state index contributed by atoms with van der Waals surface area (Å²) in [7, 11) is -3.11. The molecule has 0 heterocycles. The molecule has 1 saturated carbocycles. The Morgan fingerprint density at radius 1 is 1.17 bits per heavy atom. The summed E-state index contributed by atoms with van der Waals surface area (Å²) in [6.45, 7) is 0. The minimum atomic E-state index is -3.11. The van der Waals surface area contributed by atoms with Crippen molar-refractivity contribution in [2.75, 3.05) is 6.26 Å². The lowest BCUT2D eigenvalue weighted by atomic mass is 9.87. The van der Waals surface area contributed by atoms with Crippen molar-refractivity contribution < 1.29 is 8.42 Å². The zero-order chi connectivity index (χ0) is 12.8. The molecule has 0 N–H and O–H groups in total. The fourth-order valence-electron chi connectivity index (χ4n) is 3.08. The van der Waals surface area contributed by atoms with Gasteiger partial charge in [-0.2, -0.15) is 4.31 Å². The zero-order valence-electron chi connectivity index (χ0n) is 10.7. The summed E-state index contributed by atoms with van der Waals surface area (Å²) in [5.74, 6) is 0. The van der Waals surface area contributed by atoms with Crippen LogP contribution in [0.15, 0.2) is 24.3 Å². The molecule has 1 aromatic rings. The van der Waals surface area contributed by atoms with E-state index in [1.807, 2.05) is 12.1 Å². The molecule has 2 aliphatic carbocycles. The van der Waals surface area contributed by atoms with Gasteiger partial charge in [0, 0.05) is 6.04 Å². The summed E-state index contributed by atoms with van der Waals surface area (Å²) in [4.78, 5) is 0. The van der Waals surface area contributed by atoms with Crippen LogP contribution in [0.1, 0.15) is 42.9 Å². The van der Waals surface area contributed by atoms with E-state index < -0.39 is 10.0 Å². The maximum absolute atomic E-state index is 12.0. The molecule has 0 amide bonds. The quantitative estimate of drug-likeness (QED) is 0.842. The molecular formula is C14H19NO2S. The molecule has 1 atom stereocenters. The second kappa shape index (κ2) is 4.35. The molecule has 98 valence electrons. The van der Waals surface area contributed by atoms with Crippen LogP contribution in [0, 0.1) is 0 Å². The first kappa shape index (κ1) is 12.2. The summed E-state index contributed by atoms with van der Waals surface area (Å²) < 4.78 is 25.9. The highest BCUT2D eigenvalue weighted by Gasteiger charge is 2.41. The highest BCUT2D eigenvalue weighted by molar-refractivity contribution is 7.88. The van der Waals surface area contributed by atoms with E-state index in [1.165, 1.54) is 17.4 Å². The highest BCUT2D eigenvalue weighted by Crippen LogP contribution is 2.42. The average Bonchev–Trinajstić information content (AvgIpc) is 3.12. The molecule has 2 aliphatic rings. The Kier molecular flexibility index (Phi) is 2.94.